The van der Waals surface area contributed by atoms with Gasteiger partial charge in [0.1, 0.15) is 17.4 Å². The van der Waals surface area contributed by atoms with Gasteiger partial charge in [0.25, 0.3) is 0 Å². The molecule has 0 radical (unpaired) electrons. The third-order valence-electron chi connectivity index (χ3n) is 3.75. The summed E-state index contributed by atoms with van der Waals surface area (Å²) >= 11 is 6.21. The molecule has 1 aromatic carbocycles. The van der Waals surface area contributed by atoms with Crippen LogP contribution in [0.4, 0.5) is 10.5 Å². The van der Waals surface area contributed by atoms with Crippen LogP contribution in [0.2, 0.25) is 5.02 Å². The maximum atomic E-state index is 12.6. The van der Waals surface area contributed by atoms with Gasteiger partial charge in [0.05, 0.1) is 11.1 Å². The molecule has 7 heteroatoms. The summed E-state index contributed by atoms with van der Waals surface area (Å²) in [6.45, 7) is 9.75. The Hall–Kier alpha value is -1.95. The van der Waals surface area contributed by atoms with Crippen molar-refractivity contribution in [2.24, 2.45) is 0 Å². The summed E-state index contributed by atoms with van der Waals surface area (Å²) in [6.07, 6.45) is 0.912. The number of hydrogen-bond donors (Lipinski definition) is 1. The third kappa shape index (κ3) is 5.53. The van der Waals surface area contributed by atoms with Crippen molar-refractivity contribution in [1.29, 1.82) is 0 Å². The van der Waals surface area contributed by atoms with E-state index in [0.717, 1.165) is 6.42 Å². The molecule has 1 N–H and O–H groups in total. The van der Waals surface area contributed by atoms with E-state index in [2.05, 4.69) is 5.32 Å². The van der Waals surface area contributed by atoms with E-state index in [1.165, 1.54) is 4.90 Å². The van der Waals surface area contributed by atoms with Crippen molar-refractivity contribution < 1.29 is 19.1 Å². The number of rotatable bonds is 4. The number of halogens is 1. The van der Waals surface area contributed by atoms with Gasteiger partial charge in [-0.25, -0.2) is 4.79 Å². The summed E-state index contributed by atoms with van der Waals surface area (Å²) in [6, 6.07) is 4.55. The number of amides is 2. The Morgan fingerprint density at radius 1 is 1.31 bits per heavy atom. The second-order valence-corrected chi connectivity index (χ2v) is 8.04. The Labute approximate surface area is 159 Å². The number of carbonyl (C=O) groups is 2. The van der Waals surface area contributed by atoms with Crippen molar-refractivity contribution in [3.8, 4) is 5.75 Å². The minimum Gasteiger partial charge on any atom is -0.489 e. The number of nitrogens with zero attached hydrogens (tertiary/aromatic N) is 1. The molecule has 0 spiro atoms. The first kappa shape index (κ1) is 20.4. The second-order valence-electron chi connectivity index (χ2n) is 7.63. The molecular weight excluding hydrogens is 356 g/mol. The number of hydrogen-bond acceptors (Lipinski definition) is 4. The molecule has 1 aliphatic heterocycles. The van der Waals surface area contributed by atoms with Crippen LogP contribution in [0.15, 0.2) is 18.2 Å². The smallest absolute Gasteiger partial charge is 0.410 e. The summed E-state index contributed by atoms with van der Waals surface area (Å²) in [7, 11) is 0. The van der Waals surface area contributed by atoms with Gasteiger partial charge >= 0.3 is 6.09 Å². The molecule has 1 aromatic rings. The standard InChI is InChI=1S/C19H27ClN2O4/c1-12(2)25-16-9-8-13(11-14(16)20)21-17(23)15-7-6-10-22(15)18(24)26-19(3,4)5/h8-9,11-12,15H,6-7,10H2,1-5H3,(H,21,23)/t15-/m0/s1. The third-order valence-corrected chi connectivity index (χ3v) is 4.04. The predicted molar refractivity (Wildman–Crippen MR) is 102 cm³/mol. The number of anilines is 1. The summed E-state index contributed by atoms with van der Waals surface area (Å²) in [5.41, 5.74) is -0.0346. The fourth-order valence-corrected chi connectivity index (χ4v) is 2.96. The molecule has 26 heavy (non-hydrogen) atoms. The monoisotopic (exact) mass is 382 g/mol. The summed E-state index contributed by atoms with van der Waals surface area (Å²) in [5.74, 6) is 0.317. The summed E-state index contributed by atoms with van der Waals surface area (Å²) < 4.78 is 11.0. The molecule has 1 fully saturated rings. The number of carbonyl (C=O) groups excluding carboxylic acids is 2. The van der Waals surface area contributed by atoms with E-state index in [1.807, 2.05) is 13.8 Å². The number of likely N-dealkylation sites (tertiary alicyclic amines) is 1. The van der Waals surface area contributed by atoms with Crippen LogP contribution in [0.25, 0.3) is 0 Å². The zero-order chi connectivity index (χ0) is 19.5. The molecular formula is C19H27ClN2O4. The first-order valence-corrected chi connectivity index (χ1v) is 9.21. The van der Waals surface area contributed by atoms with E-state index in [9.17, 15) is 9.59 Å². The molecule has 0 aromatic heterocycles. The van der Waals surface area contributed by atoms with Crippen LogP contribution in [-0.2, 0) is 9.53 Å². The Kier molecular flexibility index (Phi) is 6.39. The van der Waals surface area contributed by atoms with Gasteiger partial charge in [-0.2, -0.15) is 0 Å². The Morgan fingerprint density at radius 3 is 2.58 bits per heavy atom. The molecule has 0 saturated carbocycles. The molecule has 1 saturated heterocycles. The van der Waals surface area contributed by atoms with Crippen molar-refractivity contribution in [3.63, 3.8) is 0 Å². The highest BCUT2D eigenvalue weighted by atomic mass is 35.5. The van der Waals surface area contributed by atoms with Gasteiger partial charge in [-0.3, -0.25) is 9.69 Å². The summed E-state index contributed by atoms with van der Waals surface area (Å²) in [5, 5.41) is 3.25. The highest BCUT2D eigenvalue weighted by Crippen LogP contribution is 2.29. The van der Waals surface area contributed by atoms with E-state index < -0.39 is 17.7 Å². The highest BCUT2D eigenvalue weighted by molar-refractivity contribution is 6.32. The van der Waals surface area contributed by atoms with Gasteiger partial charge in [-0.15, -0.1) is 0 Å². The predicted octanol–water partition coefficient (Wildman–Crippen LogP) is 4.47. The van der Waals surface area contributed by atoms with Gasteiger partial charge in [-0.05, 0) is 65.7 Å². The molecule has 1 atom stereocenters. The average molecular weight is 383 g/mol. The lowest BCUT2D eigenvalue weighted by Gasteiger charge is -2.28. The van der Waals surface area contributed by atoms with Crippen LogP contribution in [0.3, 0.4) is 0 Å². The lowest BCUT2D eigenvalue weighted by molar-refractivity contribution is -0.120. The van der Waals surface area contributed by atoms with E-state index in [4.69, 9.17) is 21.1 Å². The zero-order valence-corrected chi connectivity index (χ0v) is 16.7. The highest BCUT2D eigenvalue weighted by Gasteiger charge is 2.36. The largest absolute Gasteiger partial charge is 0.489 e. The first-order valence-electron chi connectivity index (χ1n) is 8.83. The minimum atomic E-state index is -0.597. The fraction of sp³-hybridized carbons (Fsp3) is 0.579. The van der Waals surface area contributed by atoms with Crippen LogP contribution in [0.1, 0.15) is 47.5 Å². The molecule has 2 amide bonds. The Balaban J connectivity index is 2.04. The van der Waals surface area contributed by atoms with Crippen molar-refractivity contribution in [3.05, 3.63) is 23.2 Å². The molecule has 2 rings (SSSR count). The van der Waals surface area contributed by atoms with Gasteiger partial charge in [0.15, 0.2) is 0 Å². The summed E-state index contributed by atoms with van der Waals surface area (Å²) in [4.78, 5) is 26.4. The van der Waals surface area contributed by atoms with Crippen LogP contribution >= 0.6 is 11.6 Å². The van der Waals surface area contributed by atoms with Gasteiger partial charge in [-0.1, -0.05) is 11.6 Å². The molecule has 0 aliphatic carbocycles. The minimum absolute atomic E-state index is 0.00816. The van der Waals surface area contributed by atoms with Crippen LogP contribution in [-0.4, -0.2) is 41.2 Å². The fourth-order valence-electron chi connectivity index (χ4n) is 2.73. The first-order chi connectivity index (χ1) is 12.1. The van der Waals surface area contributed by atoms with E-state index in [1.54, 1.807) is 39.0 Å². The maximum absolute atomic E-state index is 12.6. The number of ether oxygens (including phenoxy) is 2. The Bertz CT molecular complexity index is 670. The lowest BCUT2D eigenvalue weighted by atomic mass is 10.2. The molecule has 1 heterocycles. The van der Waals surface area contributed by atoms with E-state index in [0.29, 0.717) is 29.4 Å². The number of benzene rings is 1. The van der Waals surface area contributed by atoms with Crippen molar-refractivity contribution in [1.82, 2.24) is 4.90 Å². The molecule has 144 valence electrons. The van der Waals surface area contributed by atoms with Crippen LogP contribution in [0.5, 0.6) is 5.75 Å². The molecule has 1 aliphatic rings. The number of nitrogens with one attached hydrogen (secondary N) is 1. The van der Waals surface area contributed by atoms with Gasteiger partial charge < -0.3 is 14.8 Å². The van der Waals surface area contributed by atoms with Crippen molar-refractivity contribution in [2.75, 3.05) is 11.9 Å². The van der Waals surface area contributed by atoms with E-state index in [-0.39, 0.29) is 12.0 Å². The van der Waals surface area contributed by atoms with Crippen molar-refractivity contribution >= 4 is 29.3 Å². The molecule has 6 nitrogen and oxygen atoms in total. The normalized spacial score (nSPS) is 17.3. The maximum Gasteiger partial charge on any atom is 0.410 e. The molecule has 0 unspecified atom stereocenters. The van der Waals surface area contributed by atoms with Crippen LogP contribution < -0.4 is 10.1 Å². The Morgan fingerprint density at radius 2 is 2.00 bits per heavy atom. The zero-order valence-electron chi connectivity index (χ0n) is 16.0. The van der Waals surface area contributed by atoms with Crippen LogP contribution in [0, 0.1) is 0 Å². The van der Waals surface area contributed by atoms with Gasteiger partial charge in [0.2, 0.25) is 5.91 Å². The van der Waals surface area contributed by atoms with Crippen molar-refractivity contribution in [2.45, 2.75) is 65.2 Å². The average Bonchev–Trinajstić information content (AvgIpc) is 2.97. The second kappa shape index (κ2) is 8.16. The van der Waals surface area contributed by atoms with E-state index >= 15 is 0 Å². The lowest BCUT2D eigenvalue weighted by Crippen LogP contribution is -2.45. The topological polar surface area (TPSA) is 67.9 Å². The van der Waals surface area contributed by atoms with Gasteiger partial charge in [0, 0.05) is 12.2 Å². The SMILES string of the molecule is CC(C)Oc1ccc(NC(=O)[C@@H]2CCCN2C(=O)OC(C)(C)C)cc1Cl. The molecule has 0 bridgehead atoms. The quantitative estimate of drug-likeness (QED) is 0.834.